The van der Waals surface area contributed by atoms with Crippen molar-refractivity contribution in [2.75, 3.05) is 13.2 Å². The van der Waals surface area contributed by atoms with Crippen LogP contribution in [0, 0.1) is 11.3 Å². The first-order chi connectivity index (χ1) is 12.2. The number of ether oxygens (including phenoxy) is 1. The highest BCUT2D eigenvalue weighted by Crippen LogP contribution is 2.24. The first kappa shape index (κ1) is 17.2. The molecule has 0 aliphatic carbocycles. The Morgan fingerprint density at radius 1 is 1.48 bits per heavy atom. The molecule has 2 heterocycles. The van der Waals surface area contributed by atoms with Crippen molar-refractivity contribution in [1.82, 2.24) is 15.5 Å². The second kappa shape index (κ2) is 7.97. The van der Waals surface area contributed by atoms with Crippen molar-refractivity contribution in [2.24, 2.45) is 0 Å². The van der Waals surface area contributed by atoms with E-state index in [2.05, 4.69) is 15.5 Å². The summed E-state index contributed by atoms with van der Waals surface area (Å²) in [4.78, 5) is 12.2. The highest BCUT2D eigenvalue weighted by atomic mass is 35.5. The van der Waals surface area contributed by atoms with Crippen LogP contribution in [0.15, 0.2) is 36.0 Å². The molecule has 1 amide bonds. The maximum atomic E-state index is 12.2. The molecule has 1 aromatic heterocycles. The Bertz CT molecular complexity index is 814. The van der Waals surface area contributed by atoms with Crippen LogP contribution in [0.5, 0.6) is 0 Å². The van der Waals surface area contributed by atoms with Gasteiger partial charge in [0, 0.05) is 29.3 Å². The number of aromatic amines is 1. The minimum absolute atomic E-state index is 0.0228. The van der Waals surface area contributed by atoms with Gasteiger partial charge in [-0.1, -0.05) is 23.7 Å². The molecule has 0 unspecified atom stereocenters. The number of nitriles is 1. The number of aromatic nitrogens is 2. The van der Waals surface area contributed by atoms with Crippen molar-refractivity contribution in [1.29, 1.82) is 5.26 Å². The van der Waals surface area contributed by atoms with E-state index in [1.165, 1.54) is 6.08 Å². The van der Waals surface area contributed by atoms with E-state index in [9.17, 15) is 10.1 Å². The van der Waals surface area contributed by atoms with Crippen LogP contribution in [0.1, 0.15) is 18.4 Å². The van der Waals surface area contributed by atoms with Gasteiger partial charge in [-0.05, 0) is 31.1 Å². The van der Waals surface area contributed by atoms with Crippen LogP contribution in [0.2, 0.25) is 5.02 Å². The van der Waals surface area contributed by atoms with E-state index >= 15 is 0 Å². The number of hydrogen-bond acceptors (Lipinski definition) is 4. The van der Waals surface area contributed by atoms with Crippen molar-refractivity contribution in [3.05, 3.63) is 46.6 Å². The highest BCUT2D eigenvalue weighted by Gasteiger charge is 2.18. The first-order valence-electron chi connectivity index (χ1n) is 7.98. The van der Waals surface area contributed by atoms with Crippen molar-refractivity contribution in [2.45, 2.75) is 18.9 Å². The summed E-state index contributed by atoms with van der Waals surface area (Å²) in [6.07, 6.45) is 5.06. The lowest BCUT2D eigenvalue weighted by Gasteiger charge is -2.10. The van der Waals surface area contributed by atoms with Crippen molar-refractivity contribution >= 4 is 23.6 Å². The molecule has 0 saturated carbocycles. The number of H-pyrrole nitrogens is 1. The molecule has 1 aromatic carbocycles. The number of halogens is 1. The molecule has 0 bridgehead atoms. The standard InChI is InChI=1S/C18H17ClN4O2/c19-15-5-3-12(4-6-15)17-14(10-22-23-17)8-13(9-20)18(24)21-11-16-2-1-7-25-16/h3-6,8,10,16H,1-2,7,11H2,(H,21,24)(H,22,23)/b13-8+/t16-/m1/s1. The van der Waals surface area contributed by atoms with Gasteiger partial charge >= 0.3 is 0 Å². The van der Waals surface area contributed by atoms with Gasteiger partial charge in [0.2, 0.25) is 0 Å². The zero-order valence-corrected chi connectivity index (χ0v) is 14.2. The molecule has 0 spiro atoms. The third-order valence-electron chi connectivity index (χ3n) is 3.98. The summed E-state index contributed by atoms with van der Waals surface area (Å²) in [6, 6.07) is 9.17. The Hall–Kier alpha value is -2.62. The lowest BCUT2D eigenvalue weighted by atomic mass is 10.1. The molecule has 2 aromatic rings. The van der Waals surface area contributed by atoms with Gasteiger partial charge in [-0.2, -0.15) is 10.4 Å². The Balaban J connectivity index is 1.76. The first-order valence-corrected chi connectivity index (χ1v) is 8.36. The number of benzene rings is 1. The summed E-state index contributed by atoms with van der Waals surface area (Å²) < 4.78 is 5.47. The molecule has 1 aliphatic rings. The zero-order valence-electron chi connectivity index (χ0n) is 13.5. The fraction of sp³-hybridized carbons (Fsp3) is 0.278. The number of hydrogen-bond donors (Lipinski definition) is 2. The van der Waals surface area contributed by atoms with E-state index in [1.54, 1.807) is 18.3 Å². The molecule has 128 valence electrons. The van der Waals surface area contributed by atoms with Gasteiger partial charge in [0.05, 0.1) is 18.0 Å². The fourth-order valence-electron chi connectivity index (χ4n) is 2.66. The Labute approximate surface area is 150 Å². The van der Waals surface area contributed by atoms with Gasteiger partial charge in [-0.15, -0.1) is 0 Å². The van der Waals surface area contributed by atoms with E-state index < -0.39 is 5.91 Å². The van der Waals surface area contributed by atoms with E-state index in [4.69, 9.17) is 16.3 Å². The molecule has 1 fully saturated rings. The number of nitrogens with zero attached hydrogens (tertiary/aromatic N) is 2. The van der Waals surface area contributed by atoms with Crippen LogP contribution in [0.3, 0.4) is 0 Å². The number of carbonyl (C=O) groups is 1. The van der Waals surface area contributed by atoms with Crippen LogP contribution in [0.4, 0.5) is 0 Å². The van der Waals surface area contributed by atoms with Crippen molar-refractivity contribution in [3.8, 4) is 17.3 Å². The van der Waals surface area contributed by atoms with Crippen LogP contribution in [-0.2, 0) is 9.53 Å². The molecule has 3 rings (SSSR count). The second-order valence-corrected chi connectivity index (χ2v) is 6.16. The van der Waals surface area contributed by atoms with Gasteiger partial charge in [-0.25, -0.2) is 0 Å². The summed E-state index contributed by atoms with van der Waals surface area (Å²) in [5.41, 5.74) is 2.27. The third-order valence-corrected chi connectivity index (χ3v) is 4.23. The van der Waals surface area contributed by atoms with Crippen LogP contribution >= 0.6 is 11.6 Å². The smallest absolute Gasteiger partial charge is 0.262 e. The quantitative estimate of drug-likeness (QED) is 0.636. The monoisotopic (exact) mass is 356 g/mol. The summed E-state index contributed by atoms with van der Waals surface area (Å²) >= 11 is 5.91. The lowest BCUT2D eigenvalue weighted by Crippen LogP contribution is -2.32. The minimum atomic E-state index is -0.416. The van der Waals surface area contributed by atoms with Crippen molar-refractivity contribution < 1.29 is 9.53 Å². The summed E-state index contributed by atoms with van der Waals surface area (Å²) in [5, 5.41) is 19.6. The summed E-state index contributed by atoms with van der Waals surface area (Å²) in [5.74, 6) is -0.416. The minimum Gasteiger partial charge on any atom is -0.376 e. The molecule has 7 heteroatoms. The van der Waals surface area contributed by atoms with E-state index in [0.717, 1.165) is 30.7 Å². The fourth-order valence-corrected chi connectivity index (χ4v) is 2.79. The van der Waals surface area contributed by atoms with E-state index in [0.29, 0.717) is 17.1 Å². The predicted octanol–water partition coefficient (Wildman–Crippen LogP) is 2.93. The molecular formula is C18H17ClN4O2. The average Bonchev–Trinajstić information content (AvgIpc) is 3.30. The molecule has 25 heavy (non-hydrogen) atoms. The van der Waals surface area contributed by atoms with Gasteiger partial charge in [0.1, 0.15) is 11.6 Å². The zero-order chi connectivity index (χ0) is 17.6. The molecule has 0 radical (unpaired) electrons. The Morgan fingerprint density at radius 3 is 2.96 bits per heavy atom. The topological polar surface area (TPSA) is 90.8 Å². The molecule has 1 atom stereocenters. The molecular weight excluding hydrogens is 340 g/mol. The van der Waals surface area contributed by atoms with Crippen LogP contribution < -0.4 is 5.32 Å². The Morgan fingerprint density at radius 2 is 2.28 bits per heavy atom. The van der Waals surface area contributed by atoms with Gasteiger partial charge in [0.15, 0.2) is 0 Å². The summed E-state index contributed by atoms with van der Waals surface area (Å²) in [7, 11) is 0. The SMILES string of the molecule is N#C/C(=C\c1cn[nH]c1-c1ccc(Cl)cc1)C(=O)NC[C@H]1CCCO1. The highest BCUT2D eigenvalue weighted by molar-refractivity contribution is 6.30. The molecule has 6 nitrogen and oxygen atoms in total. The van der Waals surface area contributed by atoms with Crippen LogP contribution in [0.25, 0.3) is 17.3 Å². The number of amides is 1. The van der Waals surface area contributed by atoms with Gasteiger partial charge in [-0.3, -0.25) is 9.89 Å². The van der Waals surface area contributed by atoms with E-state index in [1.807, 2.05) is 18.2 Å². The van der Waals surface area contributed by atoms with Gasteiger partial charge in [0.25, 0.3) is 5.91 Å². The predicted molar refractivity (Wildman–Crippen MR) is 94.6 cm³/mol. The maximum Gasteiger partial charge on any atom is 0.262 e. The van der Waals surface area contributed by atoms with Crippen molar-refractivity contribution in [3.63, 3.8) is 0 Å². The number of nitrogens with one attached hydrogen (secondary N) is 2. The Kier molecular flexibility index (Phi) is 5.49. The molecule has 1 aliphatic heterocycles. The number of carbonyl (C=O) groups excluding carboxylic acids is 1. The van der Waals surface area contributed by atoms with Crippen LogP contribution in [-0.4, -0.2) is 35.4 Å². The average molecular weight is 357 g/mol. The van der Waals surface area contributed by atoms with Gasteiger partial charge < -0.3 is 10.1 Å². The molecule has 2 N–H and O–H groups in total. The maximum absolute atomic E-state index is 12.2. The largest absolute Gasteiger partial charge is 0.376 e. The summed E-state index contributed by atoms with van der Waals surface area (Å²) in [6.45, 7) is 1.13. The second-order valence-electron chi connectivity index (χ2n) is 5.72. The number of rotatable bonds is 5. The molecule has 1 saturated heterocycles. The lowest BCUT2D eigenvalue weighted by molar-refractivity contribution is -0.117. The normalized spacial score (nSPS) is 17.3. The van der Waals surface area contributed by atoms with E-state index in [-0.39, 0.29) is 11.7 Å². The third kappa shape index (κ3) is 4.27.